The Morgan fingerprint density at radius 2 is 1.72 bits per heavy atom. The van der Waals surface area contributed by atoms with E-state index in [4.69, 9.17) is 4.74 Å². The quantitative estimate of drug-likeness (QED) is 0.679. The van der Waals surface area contributed by atoms with E-state index < -0.39 is 0 Å². The van der Waals surface area contributed by atoms with Gasteiger partial charge in [-0.25, -0.2) is 0 Å². The highest BCUT2D eigenvalue weighted by atomic mass is 16.5. The van der Waals surface area contributed by atoms with Crippen LogP contribution in [-0.4, -0.2) is 26.3 Å². The van der Waals surface area contributed by atoms with Gasteiger partial charge in [-0.15, -0.1) is 0 Å². The van der Waals surface area contributed by atoms with Gasteiger partial charge in [-0.2, -0.15) is 0 Å². The van der Waals surface area contributed by atoms with E-state index in [1.165, 1.54) is 11.1 Å². The summed E-state index contributed by atoms with van der Waals surface area (Å²) in [6, 6.07) is 8.83. The van der Waals surface area contributed by atoms with Crippen LogP contribution in [0.3, 0.4) is 0 Å². The molecule has 0 heterocycles. The van der Waals surface area contributed by atoms with Crippen LogP contribution < -0.4 is 5.32 Å². The number of rotatable bonds is 9. The highest BCUT2D eigenvalue weighted by Gasteiger charge is 1.95. The molecule has 0 spiro atoms. The van der Waals surface area contributed by atoms with Crippen LogP contribution >= 0.6 is 0 Å². The summed E-state index contributed by atoms with van der Waals surface area (Å²) in [6.07, 6.45) is 2.12. The summed E-state index contributed by atoms with van der Waals surface area (Å²) in [5.74, 6) is 0.710. The molecule has 0 fully saturated rings. The lowest BCUT2D eigenvalue weighted by molar-refractivity contribution is 0.138. The Kier molecular flexibility index (Phi) is 7.70. The third-order valence-electron chi connectivity index (χ3n) is 2.94. The van der Waals surface area contributed by atoms with Crippen molar-refractivity contribution in [3.05, 3.63) is 35.4 Å². The van der Waals surface area contributed by atoms with E-state index in [2.05, 4.69) is 50.4 Å². The number of ether oxygens (including phenoxy) is 1. The fourth-order valence-corrected chi connectivity index (χ4v) is 1.77. The Labute approximate surface area is 112 Å². The lowest BCUT2D eigenvalue weighted by Crippen LogP contribution is -2.24. The molecule has 0 saturated heterocycles. The fourth-order valence-electron chi connectivity index (χ4n) is 1.77. The predicted molar refractivity (Wildman–Crippen MR) is 78.1 cm³/mol. The molecule has 0 amide bonds. The van der Waals surface area contributed by atoms with Crippen LogP contribution in [0.2, 0.25) is 0 Å². The Bertz CT molecular complexity index is 305. The number of nitrogens with one attached hydrogen (secondary N) is 1. The molecule has 0 bridgehead atoms. The molecule has 0 aliphatic rings. The molecule has 102 valence electrons. The predicted octanol–water partition coefficient (Wildman–Crippen LogP) is 3.05. The lowest BCUT2D eigenvalue weighted by Gasteiger charge is -2.08. The fraction of sp³-hybridized carbons (Fsp3) is 0.625. The summed E-state index contributed by atoms with van der Waals surface area (Å²) in [6.45, 7) is 10.3. The lowest BCUT2D eigenvalue weighted by atomic mass is 10.1. The van der Waals surface area contributed by atoms with Crippen molar-refractivity contribution >= 4 is 0 Å². The second kappa shape index (κ2) is 9.12. The van der Waals surface area contributed by atoms with Crippen molar-refractivity contribution in [3.63, 3.8) is 0 Å². The third-order valence-corrected chi connectivity index (χ3v) is 2.94. The average molecular weight is 249 g/mol. The van der Waals surface area contributed by atoms with E-state index in [-0.39, 0.29) is 0 Å². The van der Waals surface area contributed by atoms with Crippen molar-refractivity contribution in [1.82, 2.24) is 5.32 Å². The summed E-state index contributed by atoms with van der Waals surface area (Å²) < 4.78 is 5.61. The molecule has 1 rings (SSSR count). The number of hydrogen-bond acceptors (Lipinski definition) is 2. The van der Waals surface area contributed by atoms with Crippen molar-refractivity contribution in [3.8, 4) is 0 Å². The first kappa shape index (κ1) is 15.2. The Balaban J connectivity index is 2.03. The summed E-state index contributed by atoms with van der Waals surface area (Å²) in [4.78, 5) is 0. The Morgan fingerprint density at radius 1 is 1.06 bits per heavy atom. The monoisotopic (exact) mass is 249 g/mol. The first-order valence-electron chi connectivity index (χ1n) is 7.08. The highest BCUT2D eigenvalue weighted by Crippen LogP contribution is 2.05. The molecule has 1 aromatic rings. The second-order valence-corrected chi connectivity index (χ2v) is 5.13. The van der Waals surface area contributed by atoms with Crippen LogP contribution in [-0.2, 0) is 17.6 Å². The van der Waals surface area contributed by atoms with Crippen LogP contribution in [0.4, 0.5) is 0 Å². The minimum Gasteiger partial charge on any atom is -0.380 e. The van der Waals surface area contributed by atoms with Crippen molar-refractivity contribution in [2.75, 3.05) is 26.3 Å². The van der Waals surface area contributed by atoms with E-state index >= 15 is 0 Å². The van der Waals surface area contributed by atoms with Crippen LogP contribution in [0.15, 0.2) is 24.3 Å². The van der Waals surface area contributed by atoms with Gasteiger partial charge in [0.15, 0.2) is 0 Å². The van der Waals surface area contributed by atoms with Crippen molar-refractivity contribution in [2.24, 2.45) is 5.92 Å². The highest BCUT2D eigenvalue weighted by molar-refractivity contribution is 5.22. The molecule has 18 heavy (non-hydrogen) atoms. The molecule has 0 saturated carbocycles. The molecule has 0 radical (unpaired) electrons. The molecule has 2 heteroatoms. The molecule has 0 aliphatic heterocycles. The molecule has 0 atom stereocenters. The minimum absolute atomic E-state index is 0.710. The summed E-state index contributed by atoms with van der Waals surface area (Å²) in [5.41, 5.74) is 2.76. The van der Waals surface area contributed by atoms with Gasteiger partial charge in [0.25, 0.3) is 0 Å². The van der Waals surface area contributed by atoms with Gasteiger partial charge in [0.1, 0.15) is 0 Å². The van der Waals surface area contributed by atoms with E-state index in [9.17, 15) is 0 Å². The first-order chi connectivity index (χ1) is 8.72. The minimum atomic E-state index is 0.710. The smallest absolute Gasteiger partial charge is 0.0591 e. The van der Waals surface area contributed by atoms with Crippen LogP contribution in [0.5, 0.6) is 0 Å². The topological polar surface area (TPSA) is 21.3 Å². The van der Waals surface area contributed by atoms with Gasteiger partial charge in [-0.05, 0) is 36.4 Å². The molecule has 0 aliphatic carbocycles. The average Bonchev–Trinajstić information content (AvgIpc) is 2.38. The SMILES string of the molecule is CCc1ccc(CCOCCNCC(C)C)cc1. The third kappa shape index (κ3) is 6.77. The van der Waals surface area contributed by atoms with Gasteiger partial charge in [0, 0.05) is 6.54 Å². The molecule has 1 N–H and O–H groups in total. The maximum atomic E-state index is 5.61. The van der Waals surface area contributed by atoms with Crippen molar-refractivity contribution in [1.29, 1.82) is 0 Å². The van der Waals surface area contributed by atoms with Crippen LogP contribution in [0.1, 0.15) is 31.9 Å². The van der Waals surface area contributed by atoms with Crippen molar-refractivity contribution < 1.29 is 4.74 Å². The second-order valence-electron chi connectivity index (χ2n) is 5.13. The maximum absolute atomic E-state index is 5.61. The van der Waals surface area contributed by atoms with Crippen LogP contribution in [0, 0.1) is 5.92 Å². The zero-order valence-electron chi connectivity index (χ0n) is 12.0. The van der Waals surface area contributed by atoms with Gasteiger partial charge in [-0.1, -0.05) is 45.0 Å². The molecular formula is C16H27NO. The molecular weight excluding hydrogens is 222 g/mol. The van der Waals surface area contributed by atoms with Gasteiger partial charge in [0.05, 0.1) is 13.2 Å². The number of hydrogen-bond donors (Lipinski definition) is 1. The Morgan fingerprint density at radius 3 is 2.33 bits per heavy atom. The summed E-state index contributed by atoms with van der Waals surface area (Å²) in [7, 11) is 0. The maximum Gasteiger partial charge on any atom is 0.0591 e. The molecule has 1 aromatic carbocycles. The zero-order chi connectivity index (χ0) is 13.2. The van der Waals surface area contributed by atoms with Crippen LogP contribution in [0.25, 0.3) is 0 Å². The number of benzene rings is 1. The Hall–Kier alpha value is -0.860. The molecule has 0 unspecified atom stereocenters. The molecule has 0 aromatic heterocycles. The van der Waals surface area contributed by atoms with Gasteiger partial charge < -0.3 is 10.1 Å². The largest absolute Gasteiger partial charge is 0.380 e. The number of aryl methyl sites for hydroxylation is 1. The zero-order valence-corrected chi connectivity index (χ0v) is 12.0. The van der Waals surface area contributed by atoms with Gasteiger partial charge in [-0.3, -0.25) is 0 Å². The van der Waals surface area contributed by atoms with E-state index in [0.29, 0.717) is 5.92 Å². The van der Waals surface area contributed by atoms with Gasteiger partial charge in [0.2, 0.25) is 0 Å². The van der Waals surface area contributed by atoms with Crippen molar-refractivity contribution in [2.45, 2.75) is 33.6 Å². The molecule has 2 nitrogen and oxygen atoms in total. The van der Waals surface area contributed by atoms with Gasteiger partial charge >= 0.3 is 0 Å². The summed E-state index contributed by atoms with van der Waals surface area (Å²) >= 11 is 0. The van der Waals surface area contributed by atoms with E-state index in [1.807, 2.05) is 0 Å². The van der Waals surface area contributed by atoms with E-state index in [0.717, 1.165) is 39.1 Å². The van der Waals surface area contributed by atoms with E-state index in [1.54, 1.807) is 0 Å². The summed E-state index contributed by atoms with van der Waals surface area (Å²) in [5, 5.41) is 3.37. The standard InChI is InChI=1S/C16H27NO/c1-4-15-5-7-16(8-6-15)9-11-18-12-10-17-13-14(2)3/h5-8,14,17H,4,9-13H2,1-3H3. The first-order valence-corrected chi connectivity index (χ1v) is 7.08. The normalized spacial score (nSPS) is 11.1.